The number of carbonyl (C=O) groups is 2. The molecule has 3 aromatic rings. The van der Waals surface area contributed by atoms with Gasteiger partial charge in [0, 0.05) is 19.2 Å². The average molecular weight is 456 g/mol. The van der Waals surface area contributed by atoms with Crippen LogP contribution < -0.4 is 0 Å². The zero-order valence-corrected chi connectivity index (χ0v) is 18.1. The van der Waals surface area contributed by atoms with Crippen molar-refractivity contribution < 1.29 is 27.2 Å². The molecule has 0 radical (unpaired) electrons. The maximum atomic E-state index is 14.2. The second-order valence-corrected chi connectivity index (χ2v) is 7.49. The van der Waals surface area contributed by atoms with Crippen LogP contribution in [0.4, 0.5) is 13.2 Å². The SMILES string of the molecule is C=CCN(CC(=O)N(Cc1ccc(F)cc1)Cc1ccc(C)o1)C(=O)c1ccc(F)cc1F. The lowest BCUT2D eigenvalue weighted by Crippen LogP contribution is -2.42. The maximum absolute atomic E-state index is 14.2. The molecule has 1 aromatic heterocycles. The minimum atomic E-state index is -1.02. The van der Waals surface area contributed by atoms with Gasteiger partial charge in [-0.05, 0) is 48.9 Å². The van der Waals surface area contributed by atoms with Crippen LogP contribution in [-0.4, -0.2) is 34.7 Å². The molecule has 0 aliphatic heterocycles. The molecule has 3 rings (SSSR count). The number of hydrogen-bond donors (Lipinski definition) is 0. The predicted molar refractivity (Wildman–Crippen MR) is 117 cm³/mol. The lowest BCUT2D eigenvalue weighted by molar-refractivity contribution is -0.133. The summed E-state index contributed by atoms with van der Waals surface area (Å²) < 4.78 is 46.3. The molecular formula is C25H23F3N2O3. The number of carbonyl (C=O) groups excluding carboxylic acids is 2. The molecule has 0 saturated carbocycles. The van der Waals surface area contributed by atoms with Crippen molar-refractivity contribution in [3.05, 3.63) is 107 Å². The Hall–Kier alpha value is -3.81. The molecule has 0 aliphatic carbocycles. The molecule has 0 unspecified atom stereocenters. The highest BCUT2D eigenvalue weighted by Crippen LogP contribution is 2.16. The van der Waals surface area contributed by atoms with E-state index < -0.39 is 29.3 Å². The maximum Gasteiger partial charge on any atom is 0.257 e. The number of benzene rings is 2. The van der Waals surface area contributed by atoms with Crippen molar-refractivity contribution in [1.82, 2.24) is 9.80 Å². The Labute approximate surface area is 189 Å². The summed E-state index contributed by atoms with van der Waals surface area (Å²) in [5.74, 6) is -2.22. The van der Waals surface area contributed by atoms with Gasteiger partial charge in [0.15, 0.2) is 0 Å². The summed E-state index contributed by atoms with van der Waals surface area (Å²) in [4.78, 5) is 28.7. The van der Waals surface area contributed by atoms with Crippen LogP contribution in [0.5, 0.6) is 0 Å². The summed E-state index contributed by atoms with van der Waals surface area (Å²) >= 11 is 0. The number of furan rings is 1. The highest BCUT2D eigenvalue weighted by atomic mass is 19.1. The monoisotopic (exact) mass is 456 g/mol. The summed E-state index contributed by atoms with van der Waals surface area (Å²) in [5.41, 5.74) is 0.331. The highest BCUT2D eigenvalue weighted by molar-refractivity contribution is 5.96. The van der Waals surface area contributed by atoms with E-state index in [0.717, 1.165) is 17.0 Å². The molecule has 0 atom stereocenters. The topological polar surface area (TPSA) is 53.8 Å². The average Bonchev–Trinajstić information content (AvgIpc) is 3.18. The van der Waals surface area contributed by atoms with Crippen LogP contribution in [0.2, 0.25) is 0 Å². The molecule has 8 heteroatoms. The van der Waals surface area contributed by atoms with Crippen LogP contribution in [0.1, 0.15) is 27.4 Å². The molecule has 1 heterocycles. The van der Waals surface area contributed by atoms with Gasteiger partial charge in [-0.3, -0.25) is 9.59 Å². The van der Waals surface area contributed by atoms with Crippen molar-refractivity contribution in [2.24, 2.45) is 0 Å². The summed E-state index contributed by atoms with van der Waals surface area (Å²) in [5, 5.41) is 0. The summed E-state index contributed by atoms with van der Waals surface area (Å²) in [6, 6.07) is 11.8. The van der Waals surface area contributed by atoms with E-state index in [-0.39, 0.29) is 31.7 Å². The second-order valence-electron chi connectivity index (χ2n) is 7.49. The smallest absolute Gasteiger partial charge is 0.257 e. The molecule has 33 heavy (non-hydrogen) atoms. The third-order valence-corrected chi connectivity index (χ3v) is 4.91. The lowest BCUT2D eigenvalue weighted by atomic mass is 10.1. The van der Waals surface area contributed by atoms with Gasteiger partial charge in [-0.2, -0.15) is 0 Å². The molecule has 0 N–H and O–H groups in total. The Morgan fingerprint density at radius 1 is 0.939 bits per heavy atom. The minimum Gasteiger partial charge on any atom is -0.464 e. The standard InChI is InChI=1S/C25H23F3N2O3/c1-3-12-29(25(32)22-11-9-20(27)13-23(22)28)16-24(31)30(15-21-10-4-17(2)33-21)14-18-5-7-19(26)8-6-18/h3-11,13H,1,12,14-16H2,2H3. The van der Waals surface area contributed by atoms with Gasteiger partial charge >= 0.3 is 0 Å². The first-order valence-corrected chi connectivity index (χ1v) is 10.2. The number of amides is 2. The van der Waals surface area contributed by atoms with E-state index >= 15 is 0 Å². The van der Waals surface area contributed by atoms with Crippen molar-refractivity contribution in [3.63, 3.8) is 0 Å². The predicted octanol–water partition coefficient (Wildman–Crippen LogP) is 4.86. The Morgan fingerprint density at radius 2 is 1.64 bits per heavy atom. The van der Waals surface area contributed by atoms with Gasteiger partial charge in [0.25, 0.3) is 5.91 Å². The molecule has 0 saturated heterocycles. The first-order chi connectivity index (χ1) is 15.8. The molecule has 0 spiro atoms. The van der Waals surface area contributed by atoms with Gasteiger partial charge < -0.3 is 14.2 Å². The summed E-state index contributed by atoms with van der Waals surface area (Å²) in [7, 11) is 0. The number of aryl methyl sites for hydroxylation is 1. The molecule has 0 bridgehead atoms. The molecule has 0 fully saturated rings. The van der Waals surface area contributed by atoms with E-state index in [4.69, 9.17) is 4.42 Å². The Balaban J connectivity index is 1.83. The molecule has 5 nitrogen and oxygen atoms in total. The van der Waals surface area contributed by atoms with Crippen LogP contribution in [0.3, 0.4) is 0 Å². The van der Waals surface area contributed by atoms with E-state index in [2.05, 4.69) is 6.58 Å². The molecule has 2 aromatic carbocycles. The third kappa shape index (κ3) is 6.35. The number of rotatable bonds is 9. The van der Waals surface area contributed by atoms with Crippen LogP contribution in [0.25, 0.3) is 0 Å². The highest BCUT2D eigenvalue weighted by Gasteiger charge is 2.24. The van der Waals surface area contributed by atoms with Gasteiger partial charge in [-0.25, -0.2) is 13.2 Å². The van der Waals surface area contributed by atoms with E-state index in [0.29, 0.717) is 23.2 Å². The minimum absolute atomic E-state index is 0.0222. The van der Waals surface area contributed by atoms with E-state index in [1.54, 1.807) is 31.2 Å². The fourth-order valence-electron chi connectivity index (χ4n) is 3.27. The van der Waals surface area contributed by atoms with E-state index in [1.807, 2.05) is 0 Å². The van der Waals surface area contributed by atoms with E-state index in [1.165, 1.54) is 23.1 Å². The van der Waals surface area contributed by atoms with Crippen LogP contribution in [-0.2, 0) is 17.9 Å². The zero-order valence-electron chi connectivity index (χ0n) is 18.1. The lowest BCUT2D eigenvalue weighted by Gasteiger charge is -2.27. The Morgan fingerprint density at radius 3 is 2.24 bits per heavy atom. The van der Waals surface area contributed by atoms with Crippen molar-refractivity contribution in [3.8, 4) is 0 Å². The van der Waals surface area contributed by atoms with Crippen molar-refractivity contribution in [2.75, 3.05) is 13.1 Å². The van der Waals surface area contributed by atoms with E-state index in [9.17, 15) is 22.8 Å². The van der Waals surface area contributed by atoms with Gasteiger partial charge in [0.05, 0.1) is 12.1 Å². The van der Waals surface area contributed by atoms with Crippen molar-refractivity contribution in [1.29, 1.82) is 0 Å². The van der Waals surface area contributed by atoms with Gasteiger partial charge in [0.2, 0.25) is 5.91 Å². The fraction of sp³-hybridized carbons (Fsp3) is 0.200. The second kappa shape index (κ2) is 10.7. The first-order valence-electron chi connectivity index (χ1n) is 10.2. The van der Waals surface area contributed by atoms with Crippen LogP contribution in [0.15, 0.2) is 71.7 Å². The summed E-state index contributed by atoms with van der Waals surface area (Å²) in [6.07, 6.45) is 1.41. The number of hydrogen-bond acceptors (Lipinski definition) is 3. The molecule has 172 valence electrons. The van der Waals surface area contributed by atoms with Crippen molar-refractivity contribution in [2.45, 2.75) is 20.0 Å². The molecular weight excluding hydrogens is 433 g/mol. The van der Waals surface area contributed by atoms with Gasteiger partial charge in [-0.15, -0.1) is 6.58 Å². The Bertz CT molecular complexity index is 1140. The van der Waals surface area contributed by atoms with Gasteiger partial charge in [-0.1, -0.05) is 18.2 Å². The molecule has 2 amide bonds. The normalized spacial score (nSPS) is 10.7. The number of halogens is 3. The largest absolute Gasteiger partial charge is 0.464 e. The molecule has 0 aliphatic rings. The third-order valence-electron chi connectivity index (χ3n) is 4.91. The Kier molecular flexibility index (Phi) is 7.71. The quantitative estimate of drug-likeness (QED) is 0.432. The van der Waals surface area contributed by atoms with Gasteiger partial charge in [0.1, 0.15) is 35.5 Å². The first kappa shape index (κ1) is 23.8. The van der Waals surface area contributed by atoms with Crippen molar-refractivity contribution >= 4 is 11.8 Å². The van der Waals surface area contributed by atoms with Crippen LogP contribution >= 0.6 is 0 Å². The zero-order chi connectivity index (χ0) is 24.0. The number of nitrogens with zero attached hydrogens (tertiary/aromatic N) is 2. The van der Waals surface area contributed by atoms with Crippen LogP contribution in [0, 0.1) is 24.4 Å². The summed E-state index contributed by atoms with van der Waals surface area (Å²) in [6.45, 7) is 5.22. The fourth-order valence-corrected chi connectivity index (χ4v) is 3.27.